The fourth-order valence-corrected chi connectivity index (χ4v) is 2.00. The SMILES string of the molecule is CCN(CC(=O)Nc1cccc(CN)c1)CC(C)C. The first kappa shape index (κ1) is 15.7. The van der Waals surface area contributed by atoms with Gasteiger partial charge in [0.2, 0.25) is 5.91 Å². The molecule has 0 aromatic heterocycles. The molecule has 0 atom stereocenters. The molecule has 19 heavy (non-hydrogen) atoms. The summed E-state index contributed by atoms with van der Waals surface area (Å²) in [7, 11) is 0. The molecule has 1 amide bonds. The van der Waals surface area contributed by atoms with Gasteiger partial charge < -0.3 is 11.1 Å². The lowest BCUT2D eigenvalue weighted by Crippen LogP contribution is -2.35. The first-order valence-corrected chi connectivity index (χ1v) is 6.86. The van der Waals surface area contributed by atoms with Crippen LogP contribution in [0.15, 0.2) is 24.3 Å². The van der Waals surface area contributed by atoms with Crippen LogP contribution in [0.25, 0.3) is 0 Å². The average molecular weight is 263 g/mol. The highest BCUT2D eigenvalue weighted by molar-refractivity contribution is 5.92. The predicted octanol–water partition coefficient (Wildman–Crippen LogP) is 2.06. The third-order valence-electron chi connectivity index (χ3n) is 2.88. The number of nitrogens with one attached hydrogen (secondary N) is 1. The Morgan fingerprint density at radius 3 is 2.74 bits per heavy atom. The lowest BCUT2D eigenvalue weighted by molar-refractivity contribution is -0.117. The number of carbonyl (C=O) groups is 1. The van der Waals surface area contributed by atoms with Crippen molar-refractivity contribution in [2.45, 2.75) is 27.3 Å². The molecular weight excluding hydrogens is 238 g/mol. The number of likely N-dealkylation sites (N-methyl/N-ethyl adjacent to an activating group) is 1. The second kappa shape index (κ2) is 7.92. The lowest BCUT2D eigenvalue weighted by Gasteiger charge is -2.21. The van der Waals surface area contributed by atoms with Crippen molar-refractivity contribution in [2.75, 3.05) is 25.0 Å². The molecule has 0 radical (unpaired) electrons. The summed E-state index contributed by atoms with van der Waals surface area (Å²) in [5.74, 6) is 0.588. The van der Waals surface area contributed by atoms with Gasteiger partial charge >= 0.3 is 0 Å². The molecule has 0 fully saturated rings. The van der Waals surface area contributed by atoms with Crippen molar-refractivity contribution in [3.8, 4) is 0 Å². The summed E-state index contributed by atoms with van der Waals surface area (Å²) < 4.78 is 0. The topological polar surface area (TPSA) is 58.4 Å². The van der Waals surface area contributed by atoms with Crippen LogP contribution in [0, 0.1) is 5.92 Å². The van der Waals surface area contributed by atoms with E-state index >= 15 is 0 Å². The van der Waals surface area contributed by atoms with E-state index < -0.39 is 0 Å². The van der Waals surface area contributed by atoms with E-state index in [-0.39, 0.29) is 5.91 Å². The monoisotopic (exact) mass is 263 g/mol. The zero-order chi connectivity index (χ0) is 14.3. The van der Waals surface area contributed by atoms with Crippen LogP contribution in [0.4, 0.5) is 5.69 Å². The van der Waals surface area contributed by atoms with Crippen LogP contribution in [0.3, 0.4) is 0 Å². The van der Waals surface area contributed by atoms with Gasteiger partial charge in [-0.3, -0.25) is 9.69 Å². The summed E-state index contributed by atoms with van der Waals surface area (Å²) in [6.45, 7) is 9.13. The van der Waals surface area contributed by atoms with Gasteiger partial charge in [-0.2, -0.15) is 0 Å². The molecule has 0 bridgehead atoms. The Balaban J connectivity index is 2.53. The number of anilines is 1. The Kier molecular flexibility index (Phi) is 6.53. The number of amides is 1. The van der Waals surface area contributed by atoms with Crippen LogP contribution in [-0.2, 0) is 11.3 Å². The van der Waals surface area contributed by atoms with Gasteiger partial charge in [-0.15, -0.1) is 0 Å². The highest BCUT2D eigenvalue weighted by Crippen LogP contribution is 2.10. The van der Waals surface area contributed by atoms with E-state index in [1.807, 2.05) is 24.3 Å². The number of nitrogens with zero attached hydrogens (tertiary/aromatic N) is 1. The fourth-order valence-electron chi connectivity index (χ4n) is 2.00. The average Bonchev–Trinajstić information content (AvgIpc) is 2.37. The van der Waals surface area contributed by atoms with Crippen LogP contribution < -0.4 is 11.1 Å². The van der Waals surface area contributed by atoms with Crippen molar-refractivity contribution in [3.63, 3.8) is 0 Å². The molecule has 0 saturated heterocycles. The van der Waals surface area contributed by atoms with Gasteiger partial charge in [0, 0.05) is 18.8 Å². The molecule has 0 spiro atoms. The van der Waals surface area contributed by atoms with Crippen molar-refractivity contribution in [1.29, 1.82) is 0 Å². The molecule has 1 aromatic carbocycles. The van der Waals surface area contributed by atoms with Crippen molar-refractivity contribution < 1.29 is 4.79 Å². The molecule has 106 valence electrons. The molecule has 0 aliphatic carbocycles. The van der Waals surface area contributed by atoms with E-state index in [9.17, 15) is 4.79 Å². The fraction of sp³-hybridized carbons (Fsp3) is 0.533. The van der Waals surface area contributed by atoms with Crippen molar-refractivity contribution in [3.05, 3.63) is 29.8 Å². The molecular formula is C15H25N3O. The van der Waals surface area contributed by atoms with E-state index in [2.05, 4.69) is 31.0 Å². The van der Waals surface area contributed by atoms with Gasteiger partial charge in [0.1, 0.15) is 0 Å². The number of benzene rings is 1. The van der Waals surface area contributed by atoms with Crippen LogP contribution in [0.1, 0.15) is 26.3 Å². The van der Waals surface area contributed by atoms with Gasteiger partial charge in [-0.05, 0) is 30.2 Å². The number of carbonyl (C=O) groups excluding carboxylic acids is 1. The molecule has 0 aliphatic heterocycles. The quantitative estimate of drug-likeness (QED) is 0.791. The summed E-state index contributed by atoms with van der Waals surface area (Å²) in [6, 6.07) is 7.66. The zero-order valence-electron chi connectivity index (χ0n) is 12.1. The molecule has 0 aliphatic rings. The van der Waals surface area contributed by atoms with Crippen molar-refractivity contribution >= 4 is 11.6 Å². The summed E-state index contributed by atoms with van der Waals surface area (Å²) >= 11 is 0. The van der Waals surface area contributed by atoms with E-state index in [1.165, 1.54) is 0 Å². The van der Waals surface area contributed by atoms with Gasteiger partial charge in [0.05, 0.1) is 6.54 Å². The second-order valence-corrected chi connectivity index (χ2v) is 5.17. The summed E-state index contributed by atoms with van der Waals surface area (Å²) in [5, 5.41) is 2.92. The Hall–Kier alpha value is -1.39. The second-order valence-electron chi connectivity index (χ2n) is 5.17. The van der Waals surface area contributed by atoms with Crippen molar-refractivity contribution in [2.24, 2.45) is 11.7 Å². The summed E-state index contributed by atoms with van der Waals surface area (Å²) in [5.41, 5.74) is 7.42. The standard InChI is InChI=1S/C15H25N3O/c1-4-18(10-12(2)3)11-15(19)17-14-7-5-6-13(8-14)9-16/h5-8,12H,4,9-11,16H2,1-3H3,(H,17,19). The maximum atomic E-state index is 12.0. The highest BCUT2D eigenvalue weighted by atomic mass is 16.2. The van der Waals surface area contributed by atoms with Gasteiger partial charge in [0.15, 0.2) is 0 Å². The summed E-state index contributed by atoms with van der Waals surface area (Å²) in [4.78, 5) is 14.1. The van der Waals surface area contributed by atoms with Crippen LogP contribution in [0.2, 0.25) is 0 Å². The smallest absolute Gasteiger partial charge is 0.238 e. The first-order valence-electron chi connectivity index (χ1n) is 6.86. The third kappa shape index (κ3) is 5.85. The Morgan fingerprint density at radius 1 is 1.42 bits per heavy atom. The molecule has 0 heterocycles. The minimum atomic E-state index is 0.0247. The molecule has 1 aromatic rings. The minimum absolute atomic E-state index is 0.0247. The van der Waals surface area contributed by atoms with E-state index in [0.717, 1.165) is 24.3 Å². The van der Waals surface area contributed by atoms with Crippen LogP contribution in [0.5, 0.6) is 0 Å². The van der Waals surface area contributed by atoms with Gasteiger partial charge in [-0.25, -0.2) is 0 Å². The van der Waals surface area contributed by atoms with Gasteiger partial charge in [0.25, 0.3) is 0 Å². The highest BCUT2D eigenvalue weighted by Gasteiger charge is 2.10. The Labute approximate surface area is 116 Å². The first-order chi connectivity index (χ1) is 9.05. The number of hydrogen-bond donors (Lipinski definition) is 2. The number of hydrogen-bond acceptors (Lipinski definition) is 3. The lowest BCUT2D eigenvalue weighted by atomic mass is 10.2. The van der Waals surface area contributed by atoms with E-state index in [1.54, 1.807) is 0 Å². The normalized spacial score (nSPS) is 11.1. The molecule has 0 unspecified atom stereocenters. The number of nitrogens with two attached hydrogens (primary N) is 1. The zero-order valence-corrected chi connectivity index (χ0v) is 12.1. The largest absolute Gasteiger partial charge is 0.326 e. The van der Waals surface area contributed by atoms with Gasteiger partial charge in [-0.1, -0.05) is 32.9 Å². The Morgan fingerprint density at radius 2 is 2.16 bits per heavy atom. The van der Waals surface area contributed by atoms with E-state index in [0.29, 0.717) is 19.0 Å². The van der Waals surface area contributed by atoms with Crippen molar-refractivity contribution in [1.82, 2.24) is 4.90 Å². The molecule has 3 N–H and O–H groups in total. The number of rotatable bonds is 7. The molecule has 4 nitrogen and oxygen atoms in total. The maximum absolute atomic E-state index is 12.0. The summed E-state index contributed by atoms with van der Waals surface area (Å²) in [6.07, 6.45) is 0. The molecule has 4 heteroatoms. The predicted molar refractivity (Wildman–Crippen MR) is 79.9 cm³/mol. The minimum Gasteiger partial charge on any atom is -0.326 e. The maximum Gasteiger partial charge on any atom is 0.238 e. The van der Waals surface area contributed by atoms with Crippen LogP contribution in [-0.4, -0.2) is 30.4 Å². The van der Waals surface area contributed by atoms with Crippen LogP contribution >= 0.6 is 0 Å². The Bertz CT molecular complexity index is 404. The van der Waals surface area contributed by atoms with E-state index in [4.69, 9.17) is 5.73 Å². The third-order valence-corrected chi connectivity index (χ3v) is 2.88. The molecule has 1 rings (SSSR count). The molecule has 0 saturated carbocycles.